The minimum Gasteiger partial charge on any atom is -0.507 e. The topological polar surface area (TPSA) is 73.7 Å². The smallest absolute Gasteiger partial charge is 0.339 e. The first kappa shape index (κ1) is 19.4. The first-order valence-electron chi connectivity index (χ1n) is 8.53. The van der Waals surface area contributed by atoms with Crippen molar-refractivity contribution >= 4 is 39.4 Å². The number of para-hydroxylation sites is 1. The maximum atomic E-state index is 12.2. The zero-order chi connectivity index (χ0) is 19.8. The van der Waals surface area contributed by atoms with Gasteiger partial charge in [0.15, 0.2) is 0 Å². The van der Waals surface area contributed by atoms with E-state index in [1.54, 1.807) is 42.5 Å². The van der Waals surface area contributed by atoms with Crippen LogP contribution in [0.25, 0.3) is 6.08 Å². The maximum absolute atomic E-state index is 12.2. The molecule has 0 fully saturated rings. The molecular formula is C22H18BrN3O2. The number of hydrazone groups is 1. The van der Waals surface area contributed by atoms with Crippen molar-refractivity contribution in [3.8, 4) is 5.75 Å². The van der Waals surface area contributed by atoms with Crippen molar-refractivity contribution < 1.29 is 9.90 Å². The van der Waals surface area contributed by atoms with Gasteiger partial charge in [-0.1, -0.05) is 64.5 Å². The Morgan fingerprint density at radius 2 is 1.61 bits per heavy atom. The van der Waals surface area contributed by atoms with Gasteiger partial charge in [-0.2, -0.15) is 5.10 Å². The van der Waals surface area contributed by atoms with Crippen LogP contribution in [0.1, 0.15) is 11.1 Å². The molecule has 0 aromatic heterocycles. The summed E-state index contributed by atoms with van der Waals surface area (Å²) in [5.74, 6) is 0.0779. The molecule has 0 atom stereocenters. The Balaban J connectivity index is 1.79. The summed E-state index contributed by atoms with van der Waals surface area (Å²) >= 11 is 3.35. The van der Waals surface area contributed by atoms with Crippen LogP contribution in [-0.4, -0.2) is 16.8 Å². The molecule has 0 bridgehead atoms. The molecule has 0 saturated heterocycles. The summed E-state index contributed by atoms with van der Waals surface area (Å²) in [7, 11) is 0. The quantitative estimate of drug-likeness (QED) is 0.371. The minimum atomic E-state index is -0.483. The molecule has 6 heteroatoms. The highest BCUT2D eigenvalue weighted by molar-refractivity contribution is 9.10. The lowest BCUT2D eigenvalue weighted by Crippen LogP contribution is -2.25. The van der Waals surface area contributed by atoms with E-state index in [1.807, 2.05) is 48.5 Å². The molecule has 3 N–H and O–H groups in total. The molecule has 3 aromatic carbocycles. The van der Waals surface area contributed by atoms with Gasteiger partial charge in [-0.3, -0.25) is 0 Å². The minimum absolute atomic E-state index is 0.0779. The summed E-state index contributed by atoms with van der Waals surface area (Å²) in [6, 6.07) is 23.2. The van der Waals surface area contributed by atoms with Crippen molar-refractivity contribution in [3.05, 3.63) is 101 Å². The number of carbonyl (C=O) groups excluding carboxylic acids is 1. The van der Waals surface area contributed by atoms with E-state index in [-0.39, 0.29) is 5.75 Å². The van der Waals surface area contributed by atoms with Crippen molar-refractivity contribution in [2.24, 2.45) is 5.10 Å². The van der Waals surface area contributed by atoms with E-state index >= 15 is 0 Å². The van der Waals surface area contributed by atoms with E-state index in [0.29, 0.717) is 17.0 Å². The number of amides is 2. The number of anilines is 1. The second kappa shape index (κ2) is 9.53. The number of benzene rings is 3. The fourth-order valence-corrected chi connectivity index (χ4v) is 2.68. The summed E-state index contributed by atoms with van der Waals surface area (Å²) < 4.78 is 0.921. The van der Waals surface area contributed by atoms with Crippen LogP contribution < -0.4 is 10.7 Å². The predicted molar refractivity (Wildman–Crippen MR) is 116 cm³/mol. The number of halogens is 1. The number of nitrogens with zero attached hydrogens (tertiary/aromatic N) is 1. The first-order chi connectivity index (χ1) is 13.6. The number of phenols is 1. The normalized spacial score (nSPS) is 11.4. The highest BCUT2D eigenvalue weighted by Crippen LogP contribution is 2.18. The van der Waals surface area contributed by atoms with Crippen LogP contribution in [-0.2, 0) is 0 Å². The molecule has 28 heavy (non-hydrogen) atoms. The van der Waals surface area contributed by atoms with Crippen LogP contribution in [0.5, 0.6) is 5.75 Å². The number of rotatable bonds is 5. The number of aromatic hydroxyl groups is 1. The lowest BCUT2D eigenvalue weighted by atomic mass is 10.1. The number of urea groups is 1. The average Bonchev–Trinajstić information content (AvgIpc) is 2.71. The monoisotopic (exact) mass is 435 g/mol. The molecule has 5 nitrogen and oxygen atoms in total. The fourth-order valence-electron chi connectivity index (χ4n) is 2.42. The molecule has 3 aromatic rings. The average molecular weight is 436 g/mol. The lowest BCUT2D eigenvalue weighted by molar-refractivity contribution is 0.252. The maximum Gasteiger partial charge on any atom is 0.339 e. The van der Waals surface area contributed by atoms with Crippen molar-refractivity contribution in [1.82, 2.24) is 5.43 Å². The van der Waals surface area contributed by atoms with E-state index in [1.165, 1.54) is 0 Å². The molecule has 0 aliphatic carbocycles. The molecule has 0 unspecified atom stereocenters. The summed E-state index contributed by atoms with van der Waals surface area (Å²) in [5.41, 5.74) is 5.02. The van der Waals surface area contributed by atoms with Crippen molar-refractivity contribution in [2.45, 2.75) is 0 Å². The van der Waals surface area contributed by atoms with Crippen LogP contribution in [0.2, 0.25) is 0 Å². The van der Waals surface area contributed by atoms with Crippen LogP contribution in [0.4, 0.5) is 10.5 Å². The van der Waals surface area contributed by atoms with Gasteiger partial charge in [0.2, 0.25) is 0 Å². The van der Waals surface area contributed by atoms with Gasteiger partial charge >= 0.3 is 6.03 Å². The van der Waals surface area contributed by atoms with Crippen LogP contribution in [0.15, 0.2) is 94.5 Å². The Morgan fingerprint density at radius 3 is 2.32 bits per heavy atom. The van der Waals surface area contributed by atoms with Crippen LogP contribution in [0, 0.1) is 0 Å². The van der Waals surface area contributed by atoms with Gasteiger partial charge in [0.05, 0.1) is 5.71 Å². The van der Waals surface area contributed by atoms with Crippen molar-refractivity contribution in [3.63, 3.8) is 0 Å². The van der Waals surface area contributed by atoms with Crippen molar-refractivity contribution in [2.75, 3.05) is 5.32 Å². The van der Waals surface area contributed by atoms with Gasteiger partial charge in [0.1, 0.15) is 5.75 Å². The Morgan fingerprint density at radius 1 is 0.929 bits per heavy atom. The molecule has 0 saturated carbocycles. The van der Waals surface area contributed by atoms with E-state index in [2.05, 4.69) is 31.8 Å². The largest absolute Gasteiger partial charge is 0.507 e. The summed E-state index contributed by atoms with van der Waals surface area (Å²) in [5, 5.41) is 17.0. The Hall–Kier alpha value is -3.38. The molecule has 0 aliphatic rings. The number of hydrogen-bond acceptors (Lipinski definition) is 3. The van der Waals surface area contributed by atoms with Gasteiger partial charge in [-0.15, -0.1) is 0 Å². The summed E-state index contributed by atoms with van der Waals surface area (Å²) in [6.45, 7) is 0. The second-order valence-electron chi connectivity index (χ2n) is 5.83. The first-order valence-corrected chi connectivity index (χ1v) is 9.33. The third kappa shape index (κ3) is 5.56. The Bertz CT molecular complexity index is 1000. The van der Waals surface area contributed by atoms with Crippen molar-refractivity contribution in [1.29, 1.82) is 0 Å². The van der Waals surface area contributed by atoms with Gasteiger partial charge in [0, 0.05) is 15.7 Å². The van der Waals surface area contributed by atoms with Gasteiger partial charge in [-0.05, 0) is 48.0 Å². The molecule has 0 radical (unpaired) electrons. The Kier molecular flexibility index (Phi) is 6.59. The van der Waals surface area contributed by atoms with Crippen LogP contribution in [0.3, 0.4) is 0 Å². The van der Waals surface area contributed by atoms with E-state index in [4.69, 9.17) is 0 Å². The lowest BCUT2D eigenvalue weighted by Gasteiger charge is -2.07. The van der Waals surface area contributed by atoms with Gasteiger partial charge < -0.3 is 10.4 Å². The van der Waals surface area contributed by atoms with E-state index in [0.717, 1.165) is 10.0 Å². The van der Waals surface area contributed by atoms with Gasteiger partial charge in [-0.25, -0.2) is 10.2 Å². The zero-order valence-corrected chi connectivity index (χ0v) is 16.4. The number of carbonyl (C=O) groups is 1. The van der Waals surface area contributed by atoms with Crippen LogP contribution >= 0.6 is 15.9 Å². The zero-order valence-electron chi connectivity index (χ0n) is 14.8. The third-order valence-electron chi connectivity index (χ3n) is 3.79. The second-order valence-corrected chi connectivity index (χ2v) is 6.75. The number of nitrogens with one attached hydrogen (secondary N) is 2. The standard InChI is InChI=1S/C22H18BrN3O2/c23-17-11-13-18(14-12-17)24-22(28)26-25-20(19-8-4-5-9-21(19)27)15-10-16-6-2-1-3-7-16/h1-15,27H,(H2,24,26,28)/b15-10+,25-20+. The van der Waals surface area contributed by atoms with E-state index < -0.39 is 6.03 Å². The SMILES string of the molecule is O=C(N/N=C(\C=C\c1ccccc1)c1ccccc1O)Nc1ccc(Br)cc1. The number of phenolic OH excluding ortho intramolecular Hbond substituents is 1. The summed E-state index contributed by atoms with van der Waals surface area (Å²) in [4.78, 5) is 12.2. The fraction of sp³-hybridized carbons (Fsp3) is 0. The molecule has 0 spiro atoms. The number of allylic oxidation sites excluding steroid dienone is 1. The summed E-state index contributed by atoms with van der Waals surface area (Å²) in [6.07, 6.45) is 3.60. The highest BCUT2D eigenvalue weighted by atomic mass is 79.9. The highest BCUT2D eigenvalue weighted by Gasteiger charge is 2.07. The molecule has 0 heterocycles. The molecule has 0 aliphatic heterocycles. The molecule has 3 rings (SSSR count). The molecular weight excluding hydrogens is 418 g/mol. The number of hydrogen-bond donors (Lipinski definition) is 3. The Labute approximate surface area is 171 Å². The predicted octanol–water partition coefficient (Wildman–Crippen LogP) is 5.39. The molecule has 2 amide bonds. The van der Waals surface area contributed by atoms with Gasteiger partial charge in [0.25, 0.3) is 0 Å². The third-order valence-corrected chi connectivity index (χ3v) is 4.32. The molecule has 140 valence electrons. The van der Waals surface area contributed by atoms with E-state index in [9.17, 15) is 9.90 Å².